The predicted molar refractivity (Wildman–Crippen MR) is 112 cm³/mol. The third kappa shape index (κ3) is 5.57. The highest BCUT2D eigenvalue weighted by molar-refractivity contribution is 5.92. The van der Waals surface area contributed by atoms with E-state index in [4.69, 9.17) is 9.47 Å². The molecule has 0 aliphatic rings. The van der Waals surface area contributed by atoms with Crippen LogP contribution < -0.4 is 10.5 Å². The Balaban J connectivity index is 1.90. The number of aromatic amines is 1. The van der Waals surface area contributed by atoms with Gasteiger partial charge in [0.25, 0.3) is 5.56 Å². The number of hydrogen-bond acceptors (Lipinski definition) is 5. The second kappa shape index (κ2) is 10.1. The zero-order valence-electron chi connectivity index (χ0n) is 16.5. The normalized spacial score (nSPS) is 10.3. The van der Waals surface area contributed by atoms with E-state index in [9.17, 15) is 14.4 Å². The van der Waals surface area contributed by atoms with Gasteiger partial charge < -0.3 is 14.5 Å². The van der Waals surface area contributed by atoms with Crippen molar-refractivity contribution in [3.63, 3.8) is 0 Å². The predicted octanol–water partition coefficient (Wildman–Crippen LogP) is 3.90. The van der Waals surface area contributed by atoms with E-state index in [2.05, 4.69) is 4.98 Å². The van der Waals surface area contributed by atoms with Gasteiger partial charge in [-0.2, -0.15) is 0 Å². The van der Waals surface area contributed by atoms with Crippen LogP contribution in [0.5, 0.6) is 0 Å². The Bertz CT molecular complexity index is 1050. The van der Waals surface area contributed by atoms with E-state index in [0.29, 0.717) is 0 Å². The van der Waals surface area contributed by atoms with Crippen molar-refractivity contribution in [3.8, 4) is 0 Å². The van der Waals surface area contributed by atoms with Gasteiger partial charge >= 0.3 is 12.1 Å². The summed E-state index contributed by atoms with van der Waals surface area (Å²) in [5.74, 6) is -0.672. The summed E-state index contributed by atoms with van der Waals surface area (Å²) < 4.78 is 10.4. The highest BCUT2D eigenvalue weighted by Crippen LogP contribution is 2.19. The van der Waals surface area contributed by atoms with Crippen LogP contribution in [0.3, 0.4) is 0 Å². The molecule has 7 nitrogen and oxygen atoms in total. The Morgan fingerprint density at radius 2 is 1.53 bits per heavy atom. The van der Waals surface area contributed by atoms with Crippen molar-refractivity contribution in [1.82, 2.24) is 4.98 Å². The third-order valence-corrected chi connectivity index (χ3v) is 4.25. The van der Waals surface area contributed by atoms with Crippen LogP contribution in [-0.4, -0.2) is 23.7 Å². The van der Waals surface area contributed by atoms with E-state index < -0.39 is 17.6 Å². The van der Waals surface area contributed by atoms with Gasteiger partial charge in [0.05, 0.1) is 18.8 Å². The molecule has 1 heterocycles. The van der Waals surface area contributed by atoms with Gasteiger partial charge in [0.1, 0.15) is 12.3 Å². The lowest BCUT2D eigenvalue weighted by Crippen LogP contribution is -2.32. The molecule has 0 unspecified atom stereocenters. The van der Waals surface area contributed by atoms with Crippen LogP contribution in [0.2, 0.25) is 0 Å². The maximum absolute atomic E-state index is 12.9. The molecular formula is C23H22N2O5. The molecule has 0 spiro atoms. The van der Waals surface area contributed by atoms with Gasteiger partial charge in [-0.3, -0.25) is 9.69 Å². The molecule has 30 heavy (non-hydrogen) atoms. The number of benzene rings is 2. The lowest BCUT2D eigenvalue weighted by molar-refractivity contribution is 0.0519. The quantitative estimate of drug-likeness (QED) is 0.601. The Kier molecular flexibility index (Phi) is 7.00. The number of esters is 1. The number of aromatic nitrogens is 1. The minimum atomic E-state index is -0.672. The second-order valence-electron chi connectivity index (χ2n) is 6.45. The molecule has 3 aromatic rings. The molecule has 0 saturated carbocycles. The minimum Gasteiger partial charge on any atom is -0.461 e. The van der Waals surface area contributed by atoms with Gasteiger partial charge in [0.2, 0.25) is 0 Å². The molecular weight excluding hydrogens is 384 g/mol. The van der Waals surface area contributed by atoms with Crippen molar-refractivity contribution >= 4 is 17.7 Å². The van der Waals surface area contributed by atoms with Gasteiger partial charge in [-0.25, -0.2) is 9.59 Å². The number of H-pyrrole nitrogens is 1. The van der Waals surface area contributed by atoms with E-state index >= 15 is 0 Å². The van der Waals surface area contributed by atoms with Crippen molar-refractivity contribution in [2.75, 3.05) is 11.5 Å². The largest absolute Gasteiger partial charge is 0.461 e. The average molecular weight is 406 g/mol. The number of nitrogens with one attached hydrogen (secondary N) is 1. The van der Waals surface area contributed by atoms with Crippen molar-refractivity contribution in [3.05, 3.63) is 100.0 Å². The first-order chi connectivity index (χ1) is 14.6. The van der Waals surface area contributed by atoms with Crippen molar-refractivity contribution in [1.29, 1.82) is 0 Å². The molecule has 3 rings (SSSR count). The molecule has 154 valence electrons. The first-order valence-electron chi connectivity index (χ1n) is 9.50. The van der Waals surface area contributed by atoms with E-state index in [1.807, 2.05) is 60.7 Å². The topological polar surface area (TPSA) is 88.7 Å². The Labute approximate surface area is 173 Å². The fraction of sp³-hybridized carbons (Fsp3) is 0.174. The maximum atomic E-state index is 12.9. The zero-order chi connectivity index (χ0) is 21.3. The molecule has 1 amide bonds. The lowest BCUT2D eigenvalue weighted by atomic mass is 10.2. The summed E-state index contributed by atoms with van der Waals surface area (Å²) in [5.41, 5.74) is 1.36. The van der Waals surface area contributed by atoms with Crippen LogP contribution in [-0.2, 0) is 22.6 Å². The number of rotatable bonds is 7. The zero-order valence-corrected chi connectivity index (χ0v) is 16.5. The van der Waals surface area contributed by atoms with Gasteiger partial charge in [-0.1, -0.05) is 60.7 Å². The third-order valence-electron chi connectivity index (χ3n) is 4.25. The second-order valence-corrected chi connectivity index (χ2v) is 6.45. The number of anilines is 1. The summed E-state index contributed by atoms with van der Waals surface area (Å²) in [6, 6.07) is 21.2. The number of pyridine rings is 1. The summed E-state index contributed by atoms with van der Waals surface area (Å²) in [6.07, 6.45) is -0.636. The van der Waals surface area contributed by atoms with E-state index in [-0.39, 0.29) is 31.1 Å². The molecule has 1 N–H and O–H groups in total. The Hall–Kier alpha value is -3.87. The van der Waals surface area contributed by atoms with Crippen LogP contribution in [0.25, 0.3) is 0 Å². The molecule has 0 radical (unpaired) electrons. The number of ether oxygens (including phenoxy) is 2. The maximum Gasteiger partial charge on any atom is 0.414 e. The standard InChI is InChI=1S/C23H22N2O5/c1-2-29-22(27)20-13-19(14-21(26)24-20)25(15-17-9-5-3-6-10-17)23(28)30-16-18-11-7-4-8-12-18/h3-14H,2,15-16H2,1H3,(H,24,26). The van der Waals surface area contributed by atoms with Crippen molar-refractivity contribution in [2.45, 2.75) is 20.1 Å². The summed E-state index contributed by atoms with van der Waals surface area (Å²) in [6.45, 7) is 2.08. The summed E-state index contributed by atoms with van der Waals surface area (Å²) in [4.78, 5) is 40.9. The van der Waals surface area contributed by atoms with Gasteiger partial charge in [0.15, 0.2) is 0 Å². The molecule has 0 saturated heterocycles. The van der Waals surface area contributed by atoms with E-state index in [1.165, 1.54) is 17.0 Å². The Morgan fingerprint density at radius 1 is 0.900 bits per heavy atom. The fourth-order valence-electron chi connectivity index (χ4n) is 2.83. The summed E-state index contributed by atoms with van der Waals surface area (Å²) in [7, 11) is 0. The number of carbonyl (C=O) groups is 2. The van der Waals surface area contributed by atoms with Gasteiger partial charge in [0, 0.05) is 6.07 Å². The number of hydrogen-bond donors (Lipinski definition) is 1. The molecule has 1 aromatic heterocycles. The van der Waals surface area contributed by atoms with Gasteiger partial charge in [-0.05, 0) is 24.1 Å². The lowest BCUT2D eigenvalue weighted by Gasteiger charge is -2.22. The number of amides is 1. The van der Waals surface area contributed by atoms with Crippen LogP contribution in [0.1, 0.15) is 28.5 Å². The van der Waals surface area contributed by atoms with Crippen LogP contribution >= 0.6 is 0 Å². The number of nitrogens with zero attached hydrogens (tertiary/aromatic N) is 1. The van der Waals surface area contributed by atoms with Crippen LogP contribution in [0.15, 0.2) is 77.6 Å². The highest BCUT2D eigenvalue weighted by Gasteiger charge is 2.21. The fourth-order valence-corrected chi connectivity index (χ4v) is 2.83. The summed E-state index contributed by atoms with van der Waals surface area (Å²) in [5, 5.41) is 0. The average Bonchev–Trinajstić information content (AvgIpc) is 2.77. The molecule has 0 bridgehead atoms. The van der Waals surface area contributed by atoms with E-state index in [0.717, 1.165) is 11.1 Å². The molecule has 0 atom stereocenters. The van der Waals surface area contributed by atoms with Crippen molar-refractivity contribution < 1.29 is 19.1 Å². The minimum absolute atomic E-state index is 0.0340. The molecule has 7 heteroatoms. The van der Waals surface area contributed by atoms with Crippen LogP contribution in [0.4, 0.5) is 10.5 Å². The van der Waals surface area contributed by atoms with Gasteiger partial charge in [-0.15, -0.1) is 0 Å². The number of carbonyl (C=O) groups excluding carboxylic acids is 2. The van der Waals surface area contributed by atoms with Crippen LogP contribution in [0, 0.1) is 0 Å². The highest BCUT2D eigenvalue weighted by atomic mass is 16.6. The monoisotopic (exact) mass is 406 g/mol. The first kappa shape index (κ1) is 20.9. The molecule has 0 aliphatic heterocycles. The molecule has 0 fully saturated rings. The molecule has 0 aliphatic carbocycles. The molecule has 2 aromatic carbocycles. The first-order valence-corrected chi connectivity index (χ1v) is 9.50. The van der Waals surface area contributed by atoms with Crippen molar-refractivity contribution in [2.24, 2.45) is 0 Å². The SMILES string of the molecule is CCOC(=O)c1cc(N(Cc2ccccc2)C(=O)OCc2ccccc2)cc(=O)[nH]1. The Morgan fingerprint density at radius 3 is 2.17 bits per heavy atom. The smallest absolute Gasteiger partial charge is 0.414 e. The summed E-state index contributed by atoms with van der Waals surface area (Å²) >= 11 is 0. The van der Waals surface area contributed by atoms with E-state index in [1.54, 1.807) is 6.92 Å².